The lowest BCUT2D eigenvalue weighted by molar-refractivity contribution is -0.386. The van der Waals surface area contributed by atoms with E-state index in [4.69, 9.17) is 4.52 Å². The van der Waals surface area contributed by atoms with Crippen molar-refractivity contribution in [3.8, 4) is 0 Å². The topological polar surface area (TPSA) is 116 Å². The quantitative estimate of drug-likeness (QED) is 0.525. The molecule has 0 saturated carbocycles. The Morgan fingerprint density at radius 2 is 2.00 bits per heavy atom. The van der Waals surface area contributed by atoms with E-state index in [1.54, 1.807) is 30.8 Å². The van der Waals surface area contributed by atoms with E-state index in [2.05, 4.69) is 15.6 Å². The molecular formula is C18H19N5O4. The second kappa shape index (κ2) is 7.40. The van der Waals surface area contributed by atoms with Crippen LogP contribution in [0.5, 0.6) is 0 Å². The average molecular weight is 369 g/mol. The Morgan fingerprint density at radius 3 is 2.63 bits per heavy atom. The van der Waals surface area contributed by atoms with Crippen LogP contribution in [0.1, 0.15) is 47.1 Å². The highest BCUT2D eigenvalue weighted by Gasteiger charge is 2.33. The first kappa shape index (κ1) is 18.3. The van der Waals surface area contributed by atoms with Crippen LogP contribution >= 0.6 is 0 Å². The van der Waals surface area contributed by atoms with Gasteiger partial charge in [0.25, 0.3) is 5.91 Å². The number of benzene rings is 1. The molecule has 0 spiro atoms. The molecule has 0 aliphatic heterocycles. The van der Waals surface area contributed by atoms with Crippen LogP contribution in [0.3, 0.4) is 0 Å². The molecule has 140 valence electrons. The third kappa shape index (κ3) is 4.02. The lowest BCUT2D eigenvalue weighted by Crippen LogP contribution is -2.15. The van der Waals surface area contributed by atoms with E-state index < -0.39 is 16.5 Å². The maximum absolute atomic E-state index is 12.4. The summed E-state index contributed by atoms with van der Waals surface area (Å²) in [4.78, 5) is 23.0. The highest BCUT2D eigenvalue weighted by Crippen LogP contribution is 2.30. The summed E-state index contributed by atoms with van der Waals surface area (Å²) >= 11 is 0. The van der Waals surface area contributed by atoms with Crippen LogP contribution in [0.15, 0.2) is 41.1 Å². The summed E-state index contributed by atoms with van der Waals surface area (Å²) in [7, 11) is 0. The fourth-order valence-electron chi connectivity index (χ4n) is 2.57. The largest absolute Gasteiger partial charge is 0.353 e. The van der Waals surface area contributed by atoms with E-state index in [-0.39, 0.29) is 23.2 Å². The fraction of sp³-hybridized carbons (Fsp3) is 0.278. The number of anilines is 1. The number of nitrogens with one attached hydrogen (secondary N) is 1. The van der Waals surface area contributed by atoms with Crippen molar-refractivity contribution in [2.75, 3.05) is 5.32 Å². The third-order valence-electron chi connectivity index (χ3n) is 3.96. The number of carbonyl (C=O) groups excluding carboxylic acids is 1. The van der Waals surface area contributed by atoms with Gasteiger partial charge in [0, 0.05) is 18.2 Å². The first-order chi connectivity index (χ1) is 12.8. The number of nitrogens with zero attached hydrogens (tertiary/aromatic N) is 4. The molecule has 27 heavy (non-hydrogen) atoms. The zero-order chi connectivity index (χ0) is 19.6. The predicted octanol–water partition coefficient (Wildman–Crippen LogP) is 3.51. The number of amides is 1. The van der Waals surface area contributed by atoms with E-state index in [0.29, 0.717) is 6.54 Å². The maximum Gasteiger partial charge on any atom is 0.344 e. The summed E-state index contributed by atoms with van der Waals surface area (Å²) in [6, 6.07) is 9.64. The fourth-order valence-corrected chi connectivity index (χ4v) is 2.57. The SMILES string of the molecule is Cc1ccc(Cn2ccc(NC(=O)c3noc(C(C)C)c3[N+](=O)[O-])n2)cc1. The van der Waals surface area contributed by atoms with Gasteiger partial charge in [-0.3, -0.25) is 19.6 Å². The van der Waals surface area contributed by atoms with Gasteiger partial charge in [-0.15, -0.1) is 0 Å². The molecule has 9 nitrogen and oxygen atoms in total. The molecule has 0 radical (unpaired) electrons. The van der Waals surface area contributed by atoms with Crippen molar-refractivity contribution in [2.45, 2.75) is 33.2 Å². The number of nitro groups is 1. The Balaban J connectivity index is 1.75. The number of hydrogen-bond donors (Lipinski definition) is 1. The summed E-state index contributed by atoms with van der Waals surface area (Å²) in [5, 5.41) is 21.7. The van der Waals surface area contributed by atoms with Gasteiger partial charge >= 0.3 is 5.69 Å². The third-order valence-corrected chi connectivity index (χ3v) is 3.96. The summed E-state index contributed by atoms with van der Waals surface area (Å²) in [6.07, 6.45) is 1.71. The lowest BCUT2D eigenvalue weighted by atomic mass is 10.1. The van der Waals surface area contributed by atoms with Crippen LogP contribution in [0.25, 0.3) is 0 Å². The molecule has 1 aromatic carbocycles. The Morgan fingerprint density at radius 1 is 1.30 bits per heavy atom. The maximum atomic E-state index is 12.4. The molecule has 0 bridgehead atoms. The van der Waals surface area contributed by atoms with Crippen molar-refractivity contribution < 1.29 is 14.2 Å². The standard InChI is InChI=1S/C18H19N5O4/c1-11(2)17-16(23(25)26)15(21-27-17)18(24)19-14-8-9-22(20-14)10-13-6-4-12(3)5-7-13/h4-9,11H,10H2,1-3H3,(H,19,20,24). The highest BCUT2D eigenvalue weighted by molar-refractivity contribution is 6.05. The van der Waals surface area contributed by atoms with Gasteiger partial charge in [0.05, 0.1) is 11.5 Å². The number of aromatic nitrogens is 3. The zero-order valence-electron chi connectivity index (χ0n) is 15.2. The molecule has 3 rings (SSSR count). The predicted molar refractivity (Wildman–Crippen MR) is 97.7 cm³/mol. The number of rotatable bonds is 6. The van der Waals surface area contributed by atoms with Crippen molar-refractivity contribution in [2.24, 2.45) is 0 Å². The molecule has 1 N–H and O–H groups in total. The van der Waals surface area contributed by atoms with E-state index in [1.165, 1.54) is 5.56 Å². The van der Waals surface area contributed by atoms with Crippen LogP contribution in [0.2, 0.25) is 0 Å². The van der Waals surface area contributed by atoms with Gasteiger partial charge in [-0.25, -0.2) is 0 Å². The summed E-state index contributed by atoms with van der Waals surface area (Å²) in [5.41, 5.74) is 1.45. The van der Waals surface area contributed by atoms with Gasteiger partial charge < -0.3 is 9.84 Å². The zero-order valence-corrected chi connectivity index (χ0v) is 15.2. The second-order valence-electron chi connectivity index (χ2n) is 6.49. The molecule has 0 atom stereocenters. The van der Waals surface area contributed by atoms with Crippen LogP contribution in [0.4, 0.5) is 11.5 Å². The summed E-state index contributed by atoms with van der Waals surface area (Å²) in [5.74, 6) is -0.670. The number of carbonyl (C=O) groups is 1. The minimum Gasteiger partial charge on any atom is -0.353 e. The molecule has 0 unspecified atom stereocenters. The first-order valence-corrected chi connectivity index (χ1v) is 8.39. The highest BCUT2D eigenvalue weighted by atomic mass is 16.6. The summed E-state index contributed by atoms with van der Waals surface area (Å²) in [6.45, 7) is 6.00. The monoisotopic (exact) mass is 369 g/mol. The minimum atomic E-state index is -0.738. The van der Waals surface area contributed by atoms with Gasteiger partial charge in [-0.2, -0.15) is 5.10 Å². The van der Waals surface area contributed by atoms with Crippen LogP contribution < -0.4 is 5.32 Å². The normalized spacial score (nSPS) is 11.0. The molecular weight excluding hydrogens is 350 g/mol. The van der Waals surface area contributed by atoms with E-state index in [9.17, 15) is 14.9 Å². The first-order valence-electron chi connectivity index (χ1n) is 8.39. The van der Waals surface area contributed by atoms with E-state index in [1.807, 2.05) is 31.2 Å². The van der Waals surface area contributed by atoms with Gasteiger partial charge in [0.1, 0.15) is 0 Å². The molecule has 2 aromatic heterocycles. The smallest absolute Gasteiger partial charge is 0.344 e. The molecule has 2 heterocycles. The minimum absolute atomic E-state index is 0.0649. The van der Waals surface area contributed by atoms with Crippen molar-refractivity contribution in [1.29, 1.82) is 0 Å². The Kier molecular flexibility index (Phi) is 5.02. The van der Waals surface area contributed by atoms with Gasteiger partial charge in [0.15, 0.2) is 5.82 Å². The Bertz CT molecular complexity index is 972. The van der Waals surface area contributed by atoms with Gasteiger partial charge in [0.2, 0.25) is 11.5 Å². The van der Waals surface area contributed by atoms with Crippen molar-refractivity contribution in [3.05, 3.63) is 69.2 Å². The number of aryl methyl sites for hydroxylation is 1. The molecule has 1 amide bonds. The molecule has 0 aliphatic rings. The van der Waals surface area contributed by atoms with Crippen LogP contribution in [-0.4, -0.2) is 25.8 Å². The number of hydrogen-bond acceptors (Lipinski definition) is 6. The molecule has 9 heteroatoms. The van der Waals surface area contributed by atoms with Crippen LogP contribution in [-0.2, 0) is 6.54 Å². The second-order valence-corrected chi connectivity index (χ2v) is 6.49. The Hall–Kier alpha value is -3.49. The van der Waals surface area contributed by atoms with E-state index >= 15 is 0 Å². The molecule has 0 saturated heterocycles. The molecule has 0 fully saturated rings. The molecule has 0 aliphatic carbocycles. The van der Waals surface area contributed by atoms with Crippen molar-refractivity contribution >= 4 is 17.4 Å². The van der Waals surface area contributed by atoms with Crippen LogP contribution in [0, 0.1) is 17.0 Å². The van der Waals surface area contributed by atoms with Gasteiger partial charge in [-0.05, 0) is 12.5 Å². The van der Waals surface area contributed by atoms with E-state index in [0.717, 1.165) is 5.56 Å². The summed E-state index contributed by atoms with van der Waals surface area (Å²) < 4.78 is 6.66. The molecule has 3 aromatic rings. The lowest BCUT2D eigenvalue weighted by Gasteiger charge is -2.03. The van der Waals surface area contributed by atoms with Crippen molar-refractivity contribution in [3.63, 3.8) is 0 Å². The van der Waals surface area contributed by atoms with Gasteiger partial charge in [-0.1, -0.05) is 48.8 Å². The Labute approximate surface area is 155 Å². The van der Waals surface area contributed by atoms with Crippen molar-refractivity contribution in [1.82, 2.24) is 14.9 Å². The average Bonchev–Trinajstić information content (AvgIpc) is 3.24.